The van der Waals surface area contributed by atoms with Gasteiger partial charge in [0, 0.05) is 23.9 Å². The molecule has 7 heteroatoms. The lowest BCUT2D eigenvalue weighted by molar-refractivity contribution is 0.0759. The Labute approximate surface area is 162 Å². The summed E-state index contributed by atoms with van der Waals surface area (Å²) >= 11 is 1.74. The number of carbonyl (C=O) groups is 1. The molecule has 0 spiro atoms. The average molecular weight is 387 g/mol. The van der Waals surface area contributed by atoms with Gasteiger partial charge < -0.3 is 23.8 Å². The molecule has 142 valence electrons. The van der Waals surface area contributed by atoms with E-state index in [0.29, 0.717) is 36.8 Å². The van der Waals surface area contributed by atoms with E-state index in [1.807, 2.05) is 23.1 Å². The van der Waals surface area contributed by atoms with Crippen molar-refractivity contribution in [3.8, 4) is 23.0 Å². The van der Waals surface area contributed by atoms with Crippen LogP contribution in [0.5, 0.6) is 23.0 Å². The summed E-state index contributed by atoms with van der Waals surface area (Å²) < 4.78 is 21.9. The largest absolute Gasteiger partial charge is 0.497 e. The summed E-state index contributed by atoms with van der Waals surface area (Å²) in [6.07, 6.45) is 0. The normalized spacial score (nSPS) is 18.3. The summed E-state index contributed by atoms with van der Waals surface area (Å²) in [5.41, 5.74) is 1.58. The monoisotopic (exact) mass is 387 g/mol. The van der Waals surface area contributed by atoms with Crippen molar-refractivity contribution in [3.63, 3.8) is 0 Å². The van der Waals surface area contributed by atoms with Gasteiger partial charge in [0.1, 0.15) is 30.1 Å². The van der Waals surface area contributed by atoms with Gasteiger partial charge in [-0.2, -0.15) is 0 Å². The molecule has 2 aliphatic rings. The Bertz CT molecular complexity index is 834. The third kappa shape index (κ3) is 3.51. The first-order valence-electron chi connectivity index (χ1n) is 8.75. The molecular weight excluding hydrogens is 366 g/mol. The van der Waals surface area contributed by atoms with Crippen molar-refractivity contribution < 1.29 is 23.7 Å². The summed E-state index contributed by atoms with van der Waals surface area (Å²) in [7, 11) is 3.15. The Balaban J connectivity index is 1.62. The number of rotatable bonds is 4. The van der Waals surface area contributed by atoms with Crippen LogP contribution in [0.3, 0.4) is 0 Å². The van der Waals surface area contributed by atoms with Gasteiger partial charge in [-0.05, 0) is 29.8 Å². The fraction of sp³-hybridized carbons (Fsp3) is 0.350. The number of thioether (sulfide) groups is 1. The molecule has 1 fully saturated rings. The molecule has 1 saturated heterocycles. The number of ether oxygens (including phenoxy) is 4. The van der Waals surface area contributed by atoms with Crippen LogP contribution in [0.1, 0.15) is 21.3 Å². The van der Waals surface area contributed by atoms with Crippen molar-refractivity contribution in [2.75, 3.05) is 39.7 Å². The van der Waals surface area contributed by atoms with Crippen LogP contribution < -0.4 is 18.9 Å². The van der Waals surface area contributed by atoms with Crippen LogP contribution in [0.25, 0.3) is 0 Å². The quantitative estimate of drug-likeness (QED) is 0.802. The van der Waals surface area contributed by atoms with Crippen molar-refractivity contribution in [3.05, 3.63) is 47.5 Å². The van der Waals surface area contributed by atoms with Crippen LogP contribution in [0.2, 0.25) is 0 Å². The summed E-state index contributed by atoms with van der Waals surface area (Å²) in [5.74, 6) is 3.52. The lowest BCUT2D eigenvalue weighted by Crippen LogP contribution is -2.30. The molecule has 0 aromatic heterocycles. The molecule has 2 heterocycles. The summed E-state index contributed by atoms with van der Waals surface area (Å²) in [6.45, 7) is 1.79. The number of methoxy groups -OCH3 is 2. The number of benzene rings is 2. The van der Waals surface area contributed by atoms with Gasteiger partial charge in [0.15, 0.2) is 11.5 Å². The zero-order valence-corrected chi connectivity index (χ0v) is 16.1. The first-order valence-corrected chi connectivity index (χ1v) is 9.79. The Morgan fingerprint density at radius 2 is 1.74 bits per heavy atom. The van der Waals surface area contributed by atoms with Crippen LogP contribution in [0, 0.1) is 0 Å². The Morgan fingerprint density at radius 1 is 1.04 bits per heavy atom. The van der Waals surface area contributed by atoms with Crippen molar-refractivity contribution >= 4 is 17.7 Å². The predicted molar refractivity (Wildman–Crippen MR) is 103 cm³/mol. The molecule has 0 radical (unpaired) electrons. The van der Waals surface area contributed by atoms with E-state index < -0.39 is 0 Å². The van der Waals surface area contributed by atoms with Crippen LogP contribution in [0.4, 0.5) is 0 Å². The molecule has 0 N–H and O–H groups in total. The number of nitrogens with zero attached hydrogens (tertiary/aromatic N) is 1. The van der Waals surface area contributed by atoms with Gasteiger partial charge in [-0.15, -0.1) is 11.8 Å². The minimum atomic E-state index is -0.0643. The van der Waals surface area contributed by atoms with E-state index in [4.69, 9.17) is 18.9 Å². The third-order valence-electron chi connectivity index (χ3n) is 4.60. The SMILES string of the molecule is COc1cc(OC)cc(C(=O)N2CCSC2c2ccc3c(c2)OCCO3)c1. The van der Waals surface area contributed by atoms with Crippen molar-refractivity contribution in [2.24, 2.45) is 0 Å². The van der Waals surface area contributed by atoms with E-state index in [9.17, 15) is 4.79 Å². The lowest BCUT2D eigenvalue weighted by Gasteiger charge is -2.26. The van der Waals surface area contributed by atoms with E-state index >= 15 is 0 Å². The highest BCUT2D eigenvalue weighted by Crippen LogP contribution is 2.42. The van der Waals surface area contributed by atoms with Gasteiger partial charge in [0.25, 0.3) is 5.91 Å². The molecule has 2 aromatic rings. The van der Waals surface area contributed by atoms with Gasteiger partial charge in [0.2, 0.25) is 0 Å². The Hall–Kier alpha value is -2.54. The van der Waals surface area contributed by atoms with Gasteiger partial charge in [-0.25, -0.2) is 0 Å². The van der Waals surface area contributed by atoms with Crippen LogP contribution in [0.15, 0.2) is 36.4 Å². The maximum absolute atomic E-state index is 13.2. The Morgan fingerprint density at radius 3 is 2.44 bits per heavy atom. The smallest absolute Gasteiger partial charge is 0.255 e. The maximum Gasteiger partial charge on any atom is 0.255 e. The number of amides is 1. The summed E-state index contributed by atoms with van der Waals surface area (Å²) in [6, 6.07) is 11.1. The molecule has 4 rings (SSSR count). The molecule has 2 aliphatic heterocycles. The van der Waals surface area contributed by atoms with E-state index in [1.54, 1.807) is 44.2 Å². The highest BCUT2D eigenvalue weighted by molar-refractivity contribution is 7.99. The second-order valence-electron chi connectivity index (χ2n) is 6.23. The molecule has 1 amide bonds. The second kappa shape index (κ2) is 7.60. The lowest BCUT2D eigenvalue weighted by atomic mass is 10.1. The first kappa shape index (κ1) is 17.9. The molecule has 27 heavy (non-hydrogen) atoms. The van der Waals surface area contributed by atoms with Gasteiger partial charge in [-0.1, -0.05) is 6.07 Å². The fourth-order valence-corrected chi connectivity index (χ4v) is 4.51. The minimum Gasteiger partial charge on any atom is -0.497 e. The molecule has 2 aromatic carbocycles. The topological polar surface area (TPSA) is 57.2 Å². The molecule has 0 bridgehead atoms. The fourth-order valence-electron chi connectivity index (χ4n) is 3.26. The second-order valence-corrected chi connectivity index (χ2v) is 7.41. The zero-order chi connectivity index (χ0) is 18.8. The Kier molecular flexibility index (Phi) is 5.03. The van der Waals surface area contributed by atoms with E-state index in [2.05, 4.69) is 0 Å². The summed E-state index contributed by atoms with van der Waals surface area (Å²) in [5, 5.41) is -0.0643. The standard InChI is InChI=1S/C20H21NO5S/c1-23-15-9-14(10-16(12-15)24-2)19(22)21-5-8-27-20(21)13-3-4-17-18(11-13)26-7-6-25-17/h3-4,9-12,20H,5-8H2,1-2H3. The van der Waals surface area contributed by atoms with Crippen LogP contribution in [-0.2, 0) is 0 Å². The molecule has 1 atom stereocenters. The summed E-state index contributed by atoms with van der Waals surface area (Å²) in [4.78, 5) is 15.1. The molecular formula is C20H21NO5S. The van der Waals surface area contributed by atoms with E-state index in [0.717, 1.165) is 22.8 Å². The molecule has 0 aliphatic carbocycles. The molecule has 1 unspecified atom stereocenters. The molecule has 6 nitrogen and oxygen atoms in total. The maximum atomic E-state index is 13.2. The zero-order valence-electron chi connectivity index (χ0n) is 15.3. The number of carbonyl (C=O) groups excluding carboxylic acids is 1. The van der Waals surface area contributed by atoms with Crippen LogP contribution >= 0.6 is 11.8 Å². The van der Waals surface area contributed by atoms with Crippen molar-refractivity contribution in [1.82, 2.24) is 4.90 Å². The third-order valence-corrected chi connectivity index (χ3v) is 5.86. The number of fused-ring (bicyclic) bond motifs is 1. The van der Waals surface area contributed by atoms with Crippen molar-refractivity contribution in [2.45, 2.75) is 5.37 Å². The van der Waals surface area contributed by atoms with E-state index in [-0.39, 0.29) is 11.3 Å². The minimum absolute atomic E-state index is 0.0444. The van der Waals surface area contributed by atoms with Gasteiger partial charge in [0.05, 0.1) is 14.2 Å². The molecule has 0 saturated carbocycles. The number of hydrogen-bond acceptors (Lipinski definition) is 6. The first-order chi connectivity index (χ1) is 13.2. The highest BCUT2D eigenvalue weighted by atomic mass is 32.2. The highest BCUT2D eigenvalue weighted by Gasteiger charge is 2.32. The van der Waals surface area contributed by atoms with Crippen LogP contribution in [-0.4, -0.2) is 50.5 Å². The van der Waals surface area contributed by atoms with Gasteiger partial charge >= 0.3 is 0 Å². The number of hydrogen-bond donors (Lipinski definition) is 0. The van der Waals surface area contributed by atoms with Gasteiger partial charge in [-0.3, -0.25) is 4.79 Å². The van der Waals surface area contributed by atoms with Crippen molar-refractivity contribution in [1.29, 1.82) is 0 Å². The average Bonchev–Trinajstić information content (AvgIpc) is 3.22. The van der Waals surface area contributed by atoms with E-state index in [1.165, 1.54) is 0 Å². The predicted octanol–water partition coefficient (Wildman–Crippen LogP) is 3.36.